The summed E-state index contributed by atoms with van der Waals surface area (Å²) in [6, 6.07) is 9.37. The van der Waals surface area contributed by atoms with E-state index in [-0.39, 0.29) is 0 Å². The number of nitrogens with two attached hydrogens (primary N) is 1. The molecule has 1 atom stereocenters. The van der Waals surface area contributed by atoms with Crippen LogP contribution >= 0.6 is 0 Å². The number of likely N-dealkylation sites (tertiary alicyclic amines) is 1. The van der Waals surface area contributed by atoms with Crippen LogP contribution < -0.4 is 5.73 Å². The number of hydrogen-bond donors (Lipinski definition) is 1. The molecule has 3 rings (SSSR count). The van der Waals surface area contributed by atoms with Gasteiger partial charge in [0.1, 0.15) is 0 Å². The van der Waals surface area contributed by atoms with Crippen molar-refractivity contribution in [1.82, 2.24) is 4.90 Å². The first-order valence-electron chi connectivity index (χ1n) is 6.92. The molecule has 0 bridgehead atoms. The number of rotatable bonds is 2. The quantitative estimate of drug-likeness (QED) is 0.791. The standard InChI is InChI=1S/C15H22N2/c16-14-7-5-12(6-8-14)13-9-10-17(11-13)15-3-1-2-4-15/h5-8,13,15H,1-4,9-11,16H2. The smallest absolute Gasteiger partial charge is 0.0314 e. The van der Waals surface area contributed by atoms with Gasteiger partial charge in [0.2, 0.25) is 0 Å². The highest BCUT2D eigenvalue weighted by Crippen LogP contribution is 2.33. The summed E-state index contributed by atoms with van der Waals surface area (Å²) in [7, 11) is 0. The predicted molar refractivity (Wildman–Crippen MR) is 72.0 cm³/mol. The Morgan fingerprint density at radius 1 is 1.00 bits per heavy atom. The van der Waals surface area contributed by atoms with E-state index in [0.29, 0.717) is 0 Å². The molecule has 1 saturated heterocycles. The summed E-state index contributed by atoms with van der Waals surface area (Å²) >= 11 is 0. The van der Waals surface area contributed by atoms with Gasteiger partial charge >= 0.3 is 0 Å². The minimum absolute atomic E-state index is 0.733. The Kier molecular flexibility index (Phi) is 3.06. The number of hydrogen-bond acceptors (Lipinski definition) is 2. The predicted octanol–water partition coefficient (Wildman–Crippen LogP) is 3.00. The lowest BCUT2D eigenvalue weighted by Crippen LogP contribution is -2.30. The fourth-order valence-corrected chi connectivity index (χ4v) is 3.43. The Bertz CT molecular complexity index is 365. The number of nitrogen functional groups attached to an aromatic ring is 1. The van der Waals surface area contributed by atoms with E-state index in [4.69, 9.17) is 5.73 Å². The van der Waals surface area contributed by atoms with Crippen LogP contribution in [0.3, 0.4) is 0 Å². The van der Waals surface area contributed by atoms with Crippen LogP contribution in [0.25, 0.3) is 0 Å². The van der Waals surface area contributed by atoms with Crippen molar-refractivity contribution in [2.45, 2.75) is 44.1 Å². The average molecular weight is 230 g/mol. The summed E-state index contributed by atoms with van der Waals surface area (Å²) < 4.78 is 0. The molecule has 2 fully saturated rings. The fraction of sp³-hybridized carbons (Fsp3) is 0.600. The van der Waals surface area contributed by atoms with Gasteiger partial charge in [-0.15, -0.1) is 0 Å². The van der Waals surface area contributed by atoms with Gasteiger partial charge in [0.15, 0.2) is 0 Å². The van der Waals surface area contributed by atoms with Gasteiger partial charge < -0.3 is 5.73 Å². The molecule has 0 spiro atoms. The van der Waals surface area contributed by atoms with Crippen molar-refractivity contribution in [2.75, 3.05) is 18.8 Å². The third-order valence-corrected chi connectivity index (χ3v) is 4.47. The van der Waals surface area contributed by atoms with Crippen molar-refractivity contribution in [2.24, 2.45) is 0 Å². The minimum Gasteiger partial charge on any atom is -0.399 e. The minimum atomic E-state index is 0.733. The molecule has 1 aromatic rings. The molecule has 1 aliphatic heterocycles. The lowest BCUT2D eigenvalue weighted by Gasteiger charge is -2.23. The SMILES string of the molecule is Nc1ccc(C2CCN(C3CCCC3)C2)cc1. The molecule has 2 heteroatoms. The Hall–Kier alpha value is -1.02. The van der Waals surface area contributed by atoms with Gasteiger partial charge in [0.05, 0.1) is 0 Å². The van der Waals surface area contributed by atoms with E-state index in [1.807, 2.05) is 12.1 Å². The molecule has 2 N–H and O–H groups in total. The average Bonchev–Trinajstić information content (AvgIpc) is 3.00. The van der Waals surface area contributed by atoms with Gasteiger partial charge in [0, 0.05) is 18.3 Å². The monoisotopic (exact) mass is 230 g/mol. The van der Waals surface area contributed by atoms with Gasteiger partial charge in [-0.2, -0.15) is 0 Å². The van der Waals surface area contributed by atoms with Crippen molar-refractivity contribution in [3.8, 4) is 0 Å². The largest absolute Gasteiger partial charge is 0.399 e. The Labute approximate surface area is 104 Å². The van der Waals surface area contributed by atoms with E-state index in [9.17, 15) is 0 Å². The molecule has 1 aromatic carbocycles. The molecule has 17 heavy (non-hydrogen) atoms. The maximum atomic E-state index is 5.74. The van der Waals surface area contributed by atoms with Gasteiger partial charge in [-0.1, -0.05) is 25.0 Å². The van der Waals surface area contributed by atoms with Crippen LogP contribution in [0, 0.1) is 0 Å². The highest BCUT2D eigenvalue weighted by atomic mass is 15.2. The number of benzene rings is 1. The van der Waals surface area contributed by atoms with Crippen molar-refractivity contribution < 1.29 is 0 Å². The van der Waals surface area contributed by atoms with Gasteiger partial charge in [-0.25, -0.2) is 0 Å². The molecule has 1 unspecified atom stereocenters. The number of nitrogens with zero attached hydrogens (tertiary/aromatic N) is 1. The molecule has 2 nitrogen and oxygen atoms in total. The Morgan fingerprint density at radius 3 is 2.41 bits per heavy atom. The summed E-state index contributed by atoms with van der Waals surface area (Å²) in [5.74, 6) is 0.733. The van der Waals surface area contributed by atoms with Crippen LogP contribution in [0.4, 0.5) is 5.69 Å². The molecule has 1 heterocycles. The lowest BCUT2D eigenvalue weighted by atomic mass is 9.98. The van der Waals surface area contributed by atoms with Crippen LogP contribution in [0.15, 0.2) is 24.3 Å². The van der Waals surface area contributed by atoms with Crippen molar-refractivity contribution in [3.63, 3.8) is 0 Å². The molecule has 1 aliphatic carbocycles. The third kappa shape index (κ3) is 2.32. The van der Waals surface area contributed by atoms with Gasteiger partial charge in [0.25, 0.3) is 0 Å². The third-order valence-electron chi connectivity index (χ3n) is 4.47. The second kappa shape index (κ2) is 4.69. The second-order valence-corrected chi connectivity index (χ2v) is 5.59. The summed E-state index contributed by atoms with van der Waals surface area (Å²) in [6.07, 6.45) is 7.05. The van der Waals surface area contributed by atoms with Crippen LogP contribution in [0.2, 0.25) is 0 Å². The van der Waals surface area contributed by atoms with Crippen molar-refractivity contribution in [1.29, 1.82) is 0 Å². The zero-order chi connectivity index (χ0) is 11.7. The molecular weight excluding hydrogens is 208 g/mol. The fourth-order valence-electron chi connectivity index (χ4n) is 3.43. The van der Waals surface area contributed by atoms with E-state index in [2.05, 4.69) is 17.0 Å². The number of anilines is 1. The highest BCUT2D eigenvalue weighted by molar-refractivity contribution is 5.40. The maximum Gasteiger partial charge on any atom is 0.0314 e. The Balaban J connectivity index is 1.65. The zero-order valence-electron chi connectivity index (χ0n) is 10.4. The van der Waals surface area contributed by atoms with Crippen LogP contribution in [0.5, 0.6) is 0 Å². The molecule has 0 amide bonds. The maximum absolute atomic E-state index is 5.74. The summed E-state index contributed by atoms with van der Waals surface area (Å²) in [5, 5.41) is 0. The summed E-state index contributed by atoms with van der Waals surface area (Å²) in [5.41, 5.74) is 8.09. The molecule has 92 valence electrons. The van der Waals surface area contributed by atoms with E-state index in [0.717, 1.165) is 17.6 Å². The molecule has 0 radical (unpaired) electrons. The van der Waals surface area contributed by atoms with Crippen molar-refractivity contribution in [3.05, 3.63) is 29.8 Å². The first-order chi connectivity index (χ1) is 8.33. The highest BCUT2D eigenvalue weighted by Gasteiger charge is 2.30. The first kappa shape index (κ1) is 11.1. The van der Waals surface area contributed by atoms with Gasteiger partial charge in [-0.3, -0.25) is 4.90 Å². The van der Waals surface area contributed by atoms with Crippen LogP contribution in [-0.2, 0) is 0 Å². The van der Waals surface area contributed by atoms with E-state index >= 15 is 0 Å². The first-order valence-corrected chi connectivity index (χ1v) is 6.92. The van der Waals surface area contributed by atoms with E-state index in [1.165, 1.54) is 50.8 Å². The second-order valence-electron chi connectivity index (χ2n) is 5.59. The normalized spacial score (nSPS) is 26.7. The molecule has 2 aliphatic rings. The molecular formula is C15H22N2. The molecule has 1 saturated carbocycles. The summed E-state index contributed by atoms with van der Waals surface area (Å²) in [6.45, 7) is 2.55. The topological polar surface area (TPSA) is 29.3 Å². The van der Waals surface area contributed by atoms with Crippen LogP contribution in [-0.4, -0.2) is 24.0 Å². The van der Waals surface area contributed by atoms with E-state index in [1.54, 1.807) is 0 Å². The zero-order valence-corrected chi connectivity index (χ0v) is 10.4. The van der Waals surface area contributed by atoms with Gasteiger partial charge in [-0.05, 0) is 49.4 Å². The summed E-state index contributed by atoms with van der Waals surface area (Å²) in [4.78, 5) is 2.72. The van der Waals surface area contributed by atoms with Crippen molar-refractivity contribution >= 4 is 5.69 Å². The van der Waals surface area contributed by atoms with E-state index < -0.39 is 0 Å². The Morgan fingerprint density at radius 2 is 1.71 bits per heavy atom. The molecule has 0 aromatic heterocycles. The lowest BCUT2D eigenvalue weighted by molar-refractivity contribution is 0.243. The van der Waals surface area contributed by atoms with Crippen LogP contribution in [0.1, 0.15) is 43.6 Å².